The van der Waals surface area contributed by atoms with Crippen molar-refractivity contribution >= 4 is 0 Å². The van der Waals surface area contributed by atoms with E-state index in [9.17, 15) is 0 Å². The van der Waals surface area contributed by atoms with Crippen molar-refractivity contribution in [3.05, 3.63) is 23.8 Å². The van der Waals surface area contributed by atoms with Crippen LogP contribution in [-0.4, -0.2) is 25.4 Å². The van der Waals surface area contributed by atoms with Gasteiger partial charge in [0.05, 0.1) is 13.2 Å². The zero-order valence-corrected chi connectivity index (χ0v) is 9.12. The summed E-state index contributed by atoms with van der Waals surface area (Å²) in [7, 11) is 0. The second-order valence-electron chi connectivity index (χ2n) is 4.90. The van der Waals surface area contributed by atoms with Crippen molar-refractivity contribution in [1.29, 1.82) is 0 Å². The van der Waals surface area contributed by atoms with Crippen LogP contribution in [0, 0.1) is 5.41 Å². The maximum atomic E-state index is 5.65. The highest BCUT2D eigenvalue weighted by molar-refractivity contribution is 5.32. The first-order valence-corrected chi connectivity index (χ1v) is 5.21. The molecule has 78 valence electrons. The van der Waals surface area contributed by atoms with Crippen LogP contribution in [0.3, 0.4) is 0 Å². The van der Waals surface area contributed by atoms with E-state index in [4.69, 9.17) is 9.47 Å². The van der Waals surface area contributed by atoms with Gasteiger partial charge in [-0.1, -0.05) is 32.9 Å². The van der Waals surface area contributed by atoms with Crippen LogP contribution in [0.2, 0.25) is 0 Å². The molecule has 2 unspecified atom stereocenters. The van der Waals surface area contributed by atoms with E-state index in [1.807, 2.05) is 0 Å². The predicted molar refractivity (Wildman–Crippen MR) is 56.2 cm³/mol. The van der Waals surface area contributed by atoms with Crippen LogP contribution < -0.4 is 0 Å². The van der Waals surface area contributed by atoms with Crippen molar-refractivity contribution in [3.8, 4) is 0 Å². The molecule has 1 fully saturated rings. The van der Waals surface area contributed by atoms with E-state index >= 15 is 0 Å². The Balaban J connectivity index is 2.16. The minimum atomic E-state index is 0.128. The van der Waals surface area contributed by atoms with E-state index in [2.05, 4.69) is 39.0 Å². The third-order valence-corrected chi connectivity index (χ3v) is 2.70. The van der Waals surface area contributed by atoms with Gasteiger partial charge >= 0.3 is 0 Å². The average molecular weight is 194 g/mol. The minimum Gasteiger partial charge on any atom is -0.369 e. The largest absolute Gasteiger partial charge is 0.369 e. The fraction of sp³-hybridized carbons (Fsp3) is 0.667. The van der Waals surface area contributed by atoms with E-state index in [0.29, 0.717) is 13.2 Å². The van der Waals surface area contributed by atoms with Crippen LogP contribution in [0.1, 0.15) is 20.8 Å². The summed E-state index contributed by atoms with van der Waals surface area (Å²) in [5.74, 6) is 0. The number of rotatable bonds is 0. The molecule has 14 heavy (non-hydrogen) atoms. The van der Waals surface area contributed by atoms with Crippen LogP contribution in [0.15, 0.2) is 23.8 Å². The molecule has 0 amide bonds. The molecular weight excluding hydrogens is 176 g/mol. The van der Waals surface area contributed by atoms with Gasteiger partial charge in [-0.3, -0.25) is 0 Å². The van der Waals surface area contributed by atoms with Gasteiger partial charge in [-0.2, -0.15) is 0 Å². The van der Waals surface area contributed by atoms with E-state index < -0.39 is 0 Å². The van der Waals surface area contributed by atoms with Crippen molar-refractivity contribution in [3.63, 3.8) is 0 Å². The van der Waals surface area contributed by atoms with Gasteiger partial charge in [-0.25, -0.2) is 0 Å². The van der Waals surface area contributed by atoms with Crippen molar-refractivity contribution in [2.45, 2.75) is 33.0 Å². The second-order valence-corrected chi connectivity index (χ2v) is 4.90. The number of ether oxygens (including phenoxy) is 2. The molecule has 2 rings (SSSR count). The molecule has 0 aromatic rings. The van der Waals surface area contributed by atoms with Crippen LogP contribution in [-0.2, 0) is 9.47 Å². The maximum Gasteiger partial charge on any atom is 0.106 e. The second kappa shape index (κ2) is 3.52. The molecule has 1 saturated heterocycles. The van der Waals surface area contributed by atoms with Crippen LogP contribution >= 0.6 is 0 Å². The summed E-state index contributed by atoms with van der Waals surface area (Å²) in [6, 6.07) is 0. The number of hydrogen-bond donors (Lipinski definition) is 0. The normalized spacial score (nSPS) is 32.4. The number of hydrogen-bond acceptors (Lipinski definition) is 2. The molecule has 2 heteroatoms. The molecule has 0 radical (unpaired) electrons. The Morgan fingerprint density at radius 2 is 1.79 bits per heavy atom. The SMILES string of the molecule is CC(C)(C)C1=CC2OCCOC2C=C1. The van der Waals surface area contributed by atoms with Crippen molar-refractivity contribution in [1.82, 2.24) is 0 Å². The number of fused-ring (bicyclic) bond motifs is 1. The lowest BCUT2D eigenvalue weighted by molar-refractivity contribution is -0.102. The van der Waals surface area contributed by atoms with Gasteiger partial charge in [0, 0.05) is 0 Å². The highest BCUT2D eigenvalue weighted by atomic mass is 16.6. The first-order valence-electron chi connectivity index (χ1n) is 5.21. The lowest BCUT2D eigenvalue weighted by atomic mass is 9.82. The lowest BCUT2D eigenvalue weighted by Crippen LogP contribution is -2.38. The maximum absolute atomic E-state index is 5.65. The van der Waals surface area contributed by atoms with Crippen LogP contribution in [0.4, 0.5) is 0 Å². The van der Waals surface area contributed by atoms with Gasteiger partial charge in [-0.05, 0) is 17.1 Å². The summed E-state index contributed by atoms with van der Waals surface area (Å²) in [4.78, 5) is 0. The molecule has 0 spiro atoms. The van der Waals surface area contributed by atoms with E-state index in [0.717, 1.165) is 0 Å². The highest BCUT2D eigenvalue weighted by Crippen LogP contribution is 2.31. The molecule has 0 aromatic heterocycles. The standard InChI is InChI=1S/C12H18O2/c1-12(2,3)9-4-5-10-11(8-9)14-7-6-13-10/h4-5,8,10-11H,6-7H2,1-3H3. The fourth-order valence-corrected chi connectivity index (χ4v) is 1.80. The smallest absolute Gasteiger partial charge is 0.106 e. The van der Waals surface area contributed by atoms with E-state index in [1.165, 1.54) is 5.57 Å². The van der Waals surface area contributed by atoms with Crippen LogP contribution in [0.5, 0.6) is 0 Å². The zero-order valence-electron chi connectivity index (χ0n) is 9.12. The van der Waals surface area contributed by atoms with Gasteiger partial charge < -0.3 is 9.47 Å². The molecule has 0 bridgehead atoms. The molecule has 2 aliphatic rings. The third-order valence-electron chi connectivity index (χ3n) is 2.70. The van der Waals surface area contributed by atoms with Crippen molar-refractivity contribution in [2.75, 3.05) is 13.2 Å². The molecule has 0 saturated carbocycles. The Morgan fingerprint density at radius 3 is 2.43 bits per heavy atom. The molecule has 1 aliphatic heterocycles. The fourth-order valence-electron chi connectivity index (χ4n) is 1.80. The summed E-state index contributed by atoms with van der Waals surface area (Å²) in [6.07, 6.45) is 6.74. The van der Waals surface area contributed by atoms with Gasteiger partial charge in [-0.15, -0.1) is 0 Å². The summed E-state index contributed by atoms with van der Waals surface area (Å²) in [5, 5.41) is 0. The topological polar surface area (TPSA) is 18.5 Å². The molecule has 0 N–H and O–H groups in total. The van der Waals surface area contributed by atoms with Gasteiger partial charge in [0.2, 0.25) is 0 Å². The molecule has 0 aromatic carbocycles. The monoisotopic (exact) mass is 194 g/mol. The first kappa shape index (κ1) is 9.94. The molecule has 1 aliphatic carbocycles. The minimum absolute atomic E-state index is 0.128. The third kappa shape index (κ3) is 1.91. The molecule has 2 atom stereocenters. The van der Waals surface area contributed by atoms with Crippen LogP contribution in [0.25, 0.3) is 0 Å². The number of allylic oxidation sites excluding steroid dienone is 2. The van der Waals surface area contributed by atoms with Gasteiger partial charge in [0.25, 0.3) is 0 Å². The quantitative estimate of drug-likeness (QED) is 0.589. The van der Waals surface area contributed by atoms with Gasteiger partial charge in [0.15, 0.2) is 0 Å². The Morgan fingerprint density at radius 1 is 1.14 bits per heavy atom. The predicted octanol–water partition coefficient (Wildman–Crippen LogP) is 2.31. The lowest BCUT2D eigenvalue weighted by Gasteiger charge is -2.33. The van der Waals surface area contributed by atoms with E-state index in [-0.39, 0.29) is 17.6 Å². The summed E-state index contributed by atoms with van der Waals surface area (Å²) >= 11 is 0. The molecule has 2 nitrogen and oxygen atoms in total. The summed E-state index contributed by atoms with van der Waals surface area (Å²) < 4.78 is 11.2. The van der Waals surface area contributed by atoms with Gasteiger partial charge in [0.1, 0.15) is 12.2 Å². The Kier molecular flexibility index (Phi) is 2.50. The van der Waals surface area contributed by atoms with Crippen molar-refractivity contribution < 1.29 is 9.47 Å². The summed E-state index contributed by atoms with van der Waals surface area (Å²) in [5.41, 5.74) is 1.53. The zero-order chi connectivity index (χ0) is 10.2. The molecule has 1 heterocycles. The Hall–Kier alpha value is -0.600. The highest BCUT2D eigenvalue weighted by Gasteiger charge is 2.28. The van der Waals surface area contributed by atoms with E-state index in [1.54, 1.807) is 0 Å². The molecular formula is C12H18O2. The summed E-state index contributed by atoms with van der Waals surface area (Å²) in [6.45, 7) is 8.07. The average Bonchev–Trinajstić information content (AvgIpc) is 2.16. The Labute approximate surface area is 85.6 Å². The van der Waals surface area contributed by atoms with Crippen molar-refractivity contribution in [2.24, 2.45) is 5.41 Å². The first-order chi connectivity index (χ1) is 6.57. The Bertz CT molecular complexity index is 271.